The van der Waals surface area contributed by atoms with Crippen LogP contribution in [0.4, 0.5) is 0 Å². The number of rotatable bonds is 2. The number of ether oxygens (including phenoxy) is 1. The summed E-state index contributed by atoms with van der Waals surface area (Å²) >= 11 is 0. The van der Waals surface area contributed by atoms with Gasteiger partial charge in [0.2, 0.25) is 0 Å². The first kappa shape index (κ1) is 11.5. The second kappa shape index (κ2) is 4.61. The van der Waals surface area contributed by atoms with Gasteiger partial charge in [-0.15, -0.1) is 0 Å². The first-order valence-electron chi connectivity index (χ1n) is 6.47. The largest absolute Gasteiger partial charge is 0.508 e. The summed E-state index contributed by atoms with van der Waals surface area (Å²) in [5.74, 6) is 1.07. The molecule has 0 saturated heterocycles. The van der Waals surface area contributed by atoms with Crippen molar-refractivity contribution in [1.29, 1.82) is 0 Å². The fourth-order valence-corrected chi connectivity index (χ4v) is 2.74. The minimum absolute atomic E-state index is 0.220. The van der Waals surface area contributed by atoms with Gasteiger partial charge in [0.05, 0.1) is 6.04 Å². The van der Waals surface area contributed by atoms with E-state index in [-0.39, 0.29) is 23.9 Å². The Morgan fingerprint density at radius 1 is 1.39 bits per heavy atom. The number of phenols is 1. The van der Waals surface area contributed by atoms with E-state index >= 15 is 0 Å². The van der Waals surface area contributed by atoms with E-state index in [1.165, 1.54) is 0 Å². The van der Waals surface area contributed by atoms with Gasteiger partial charge in [0.1, 0.15) is 11.9 Å². The maximum atomic E-state index is 9.43. The molecule has 1 aliphatic heterocycles. The van der Waals surface area contributed by atoms with Crippen molar-refractivity contribution in [3.05, 3.63) is 29.8 Å². The van der Waals surface area contributed by atoms with Gasteiger partial charge in [-0.25, -0.2) is 4.99 Å². The number of phenolic OH excluding ortho intramolecular Hbond substituents is 1. The van der Waals surface area contributed by atoms with Gasteiger partial charge in [0.15, 0.2) is 5.90 Å². The quantitative estimate of drug-likeness (QED) is 0.833. The van der Waals surface area contributed by atoms with Crippen LogP contribution in [-0.4, -0.2) is 29.2 Å². The van der Waals surface area contributed by atoms with Crippen molar-refractivity contribution in [1.82, 2.24) is 0 Å². The first-order valence-corrected chi connectivity index (χ1v) is 6.47. The van der Waals surface area contributed by atoms with E-state index < -0.39 is 0 Å². The van der Waals surface area contributed by atoms with E-state index in [0.717, 1.165) is 30.7 Å². The van der Waals surface area contributed by atoms with E-state index in [4.69, 9.17) is 10.5 Å². The van der Waals surface area contributed by atoms with Gasteiger partial charge in [0.25, 0.3) is 0 Å². The average Bonchev–Trinajstić information content (AvgIpc) is 2.70. The van der Waals surface area contributed by atoms with Crippen LogP contribution in [0.2, 0.25) is 0 Å². The second-order valence-corrected chi connectivity index (χ2v) is 5.17. The van der Waals surface area contributed by atoms with Crippen molar-refractivity contribution in [2.24, 2.45) is 10.7 Å². The standard InChI is InChI=1S/C14H18N2O2/c15-10-4-5-13-12(8-10)16-14(18-13)7-9-2-1-3-11(17)6-9/h1-3,6,10,12-13,17H,4-5,7-8,15H2. The average molecular weight is 246 g/mol. The lowest BCUT2D eigenvalue weighted by Gasteiger charge is -2.26. The van der Waals surface area contributed by atoms with E-state index in [2.05, 4.69) is 4.99 Å². The van der Waals surface area contributed by atoms with E-state index in [1.807, 2.05) is 12.1 Å². The summed E-state index contributed by atoms with van der Waals surface area (Å²) < 4.78 is 5.87. The van der Waals surface area contributed by atoms with Crippen molar-refractivity contribution in [3.8, 4) is 5.75 Å². The van der Waals surface area contributed by atoms with Gasteiger partial charge in [-0.3, -0.25) is 0 Å². The van der Waals surface area contributed by atoms with E-state index in [0.29, 0.717) is 6.42 Å². The van der Waals surface area contributed by atoms with Crippen LogP contribution in [0.25, 0.3) is 0 Å². The van der Waals surface area contributed by atoms with Crippen molar-refractivity contribution in [2.75, 3.05) is 0 Å². The SMILES string of the molecule is NC1CCC2OC(Cc3cccc(O)c3)=NC2C1. The third-order valence-electron chi connectivity index (χ3n) is 3.66. The maximum Gasteiger partial charge on any atom is 0.188 e. The number of benzene rings is 1. The van der Waals surface area contributed by atoms with Crippen molar-refractivity contribution in [2.45, 2.75) is 43.9 Å². The van der Waals surface area contributed by atoms with Crippen LogP contribution < -0.4 is 5.73 Å². The molecule has 0 aromatic heterocycles. The van der Waals surface area contributed by atoms with Crippen LogP contribution in [0.5, 0.6) is 5.75 Å². The Labute approximate surface area is 106 Å². The molecule has 1 aromatic carbocycles. The molecule has 3 atom stereocenters. The highest BCUT2D eigenvalue weighted by Crippen LogP contribution is 2.29. The molecule has 3 N–H and O–H groups in total. The highest BCUT2D eigenvalue weighted by atomic mass is 16.5. The number of nitrogens with zero attached hydrogens (tertiary/aromatic N) is 1. The summed E-state index contributed by atoms with van der Waals surface area (Å²) in [6, 6.07) is 7.72. The molecule has 1 saturated carbocycles. The monoisotopic (exact) mass is 246 g/mol. The third kappa shape index (κ3) is 2.34. The summed E-state index contributed by atoms with van der Waals surface area (Å²) in [7, 11) is 0. The van der Waals surface area contributed by atoms with Crippen LogP contribution >= 0.6 is 0 Å². The number of nitrogens with two attached hydrogens (primary N) is 1. The van der Waals surface area contributed by atoms with Gasteiger partial charge < -0.3 is 15.6 Å². The molecular weight excluding hydrogens is 228 g/mol. The van der Waals surface area contributed by atoms with Gasteiger partial charge in [-0.05, 0) is 37.0 Å². The lowest BCUT2D eigenvalue weighted by Crippen LogP contribution is -2.37. The summed E-state index contributed by atoms with van der Waals surface area (Å²) in [6.07, 6.45) is 3.82. The molecule has 1 fully saturated rings. The molecule has 1 aromatic rings. The molecule has 96 valence electrons. The molecule has 0 amide bonds. The first-order chi connectivity index (χ1) is 8.70. The number of hydrogen-bond acceptors (Lipinski definition) is 4. The molecule has 3 rings (SSSR count). The Hall–Kier alpha value is -1.55. The van der Waals surface area contributed by atoms with Crippen LogP contribution in [0.1, 0.15) is 24.8 Å². The third-order valence-corrected chi connectivity index (χ3v) is 3.66. The molecule has 1 heterocycles. The van der Waals surface area contributed by atoms with Gasteiger partial charge >= 0.3 is 0 Å². The number of aliphatic imine (C=N–C) groups is 1. The molecule has 3 unspecified atom stereocenters. The van der Waals surface area contributed by atoms with E-state index in [1.54, 1.807) is 12.1 Å². The molecule has 0 spiro atoms. The Morgan fingerprint density at radius 3 is 3.11 bits per heavy atom. The number of fused-ring (bicyclic) bond motifs is 1. The number of aromatic hydroxyl groups is 1. The van der Waals surface area contributed by atoms with Gasteiger partial charge in [0, 0.05) is 12.5 Å². The van der Waals surface area contributed by atoms with E-state index in [9.17, 15) is 5.11 Å². The van der Waals surface area contributed by atoms with Crippen molar-refractivity contribution >= 4 is 5.90 Å². The highest BCUT2D eigenvalue weighted by molar-refractivity contribution is 5.80. The Balaban J connectivity index is 1.69. The van der Waals surface area contributed by atoms with Crippen LogP contribution in [0.15, 0.2) is 29.3 Å². The molecule has 18 heavy (non-hydrogen) atoms. The summed E-state index contributed by atoms with van der Waals surface area (Å²) in [5, 5.41) is 9.43. The second-order valence-electron chi connectivity index (χ2n) is 5.17. The molecular formula is C14H18N2O2. The lowest BCUT2D eigenvalue weighted by molar-refractivity contribution is 0.142. The van der Waals surface area contributed by atoms with Crippen LogP contribution in [0, 0.1) is 0 Å². The van der Waals surface area contributed by atoms with Crippen LogP contribution in [-0.2, 0) is 11.2 Å². The zero-order chi connectivity index (χ0) is 12.5. The lowest BCUT2D eigenvalue weighted by atomic mass is 9.90. The highest BCUT2D eigenvalue weighted by Gasteiger charge is 2.35. The predicted octanol–water partition coefficient (Wildman–Crippen LogP) is 1.61. The van der Waals surface area contributed by atoms with Crippen molar-refractivity contribution in [3.63, 3.8) is 0 Å². The summed E-state index contributed by atoms with van der Waals surface area (Å²) in [5.41, 5.74) is 6.98. The smallest absolute Gasteiger partial charge is 0.188 e. The molecule has 0 radical (unpaired) electrons. The Kier molecular flexibility index (Phi) is 2.96. The summed E-state index contributed by atoms with van der Waals surface area (Å²) in [4.78, 5) is 4.62. The molecule has 2 aliphatic rings. The minimum atomic E-state index is 0.220. The zero-order valence-corrected chi connectivity index (χ0v) is 10.2. The fraction of sp³-hybridized carbons (Fsp3) is 0.500. The predicted molar refractivity (Wildman–Crippen MR) is 69.7 cm³/mol. The van der Waals surface area contributed by atoms with Crippen LogP contribution in [0.3, 0.4) is 0 Å². The van der Waals surface area contributed by atoms with Gasteiger partial charge in [-0.1, -0.05) is 12.1 Å². The molecule has 4 nitrogen and oxygen atoms in total. The fourth-order valence-electron chi connectivity index (χ4n) is 2.74. The Bertz CT molecular complexity index is 473. The topological polar surface area (TPSA) is 67.8 Å². The molecule has 0 bridgehead atoms. The van der Waals surface area contributed by atoms with Crippen molar-refractivity contribution < 1.29 is 9.84 Å². The molecule has 4 heteroatoms. The zero-order valence-electron chi connectivity index (χ0n) is 10.2. The minimum Gasteiger partial charge on any atom is -0.508 e. The number of hydrogen-bond donors (Lipinski definition) is 2. The summed E-state index contributed by atoms with van der Waals surface area (Å²) in [6.45, 7) is 0. The van der Waals surface area contributed by atoms with Gasteiger partial charge in [-0.2, -0.15) is 0 Å². The maximum absolute atomic E-state index is 9.43. The Morgan fingerprint density at radius 2 is 2.28 bits per heavy atom. The molecule has 1 aliphatic carbocycles. The normalized spacial score (nSPS) is 30.5.